The molecule has 1 aliphatic rings. The van der Waals surface area contributed by atoms with Crippen LogP contribution in [0.5, 0.6) is 0 Å². The van der Waals surface area contributed by atoms with Crippen molar-refractivity contribution in [1.82, 2.24) is 4.90 Å². The zero-order valence-electron chi connectivity index (χ0n) is 19.4. The molecule has 0 bridgehead atoms. The van der Waals surface area contributed by atoms with Crippen molar-refractivity contribution in [3.63, 3.8) is 0 Å². The Morgan fingerprint density at radius 2 is 1.47 bits per heavy atom. The van der Waals surface area contributed by atoms with Crippen LogP contribution in [0.2, 0.25) is 5.02 Å². The Bertz CT molecular complexity index is 1070. The lowest BCUT2D eigenvalue weighted by molar-refractivity contribution is -0.131. The molecule has 5 nitrogen and oxygen atoms in total. The molecule has 0 saturated carbocycles. The minimum Gasteiger partial charge on any atom is -0.366 e. The van der Waals surface area contributed by atoms with Crippen molar-refractivity contribution in [2.75, 3.05) is 36.4 Å². The highest BCUT2D eigenvalue weighted by molar-refractivity contribution is 6.31. The molecule has 3 aromatic rings. The van der Waals surface area contributed by atoms with Gasteiger partial charge in [0.2, 0.25) is 11.8 Å². The number of piperazine rings is 1. The Hall–Kier alpha value is -3.31. The summed E-state index contributed by atoms with van der Waals surface area (Å²) in [6.07, 6.45) is 1.44. The van der Waals surface area contributed by atoms with Gasteiger partial charge in [0.05, 0.1) is 17.3 Å². The summed E-state index contributed by atoms with van der Waals surface area (Å²) < 4.78 is 0. The lowest BCUT2D eigenvalue weighted by Gasteiger charge is -2.37. The summed E-state index contributed by atoms with van der Waals surface area (Å²) in [7, 11) is 0. The molecule has 0 aliphatic carbocycles. The van der Waals surface area contributed by atoms with Crippen LogP contribution in [0.1, 0.15) is 36.8 Å². The number of carbonyl (C=O) groups excluding carboxylic acids is 2. The van der Waals surface area contributed by atoms with E-state index in [1.165, 1.54) is 0 Å². The average molecular weight is 476 g/mol. The van der Waals surface area contributed by atoms with Crippen LogP contribution in [0, 0.1) is 0 Å². The summed E-state index contributed by atoms with van der Waals surface area (Å²) in [6.45, 7) is 4.79. The first-order valence-corrected chi connectivity index (χ1v) is 12.2. The molecule has 1 heterocycles. The van der Waals surface area contributed by atoms with E-state index < -0.39 is 5.92 Å². The van der Waals surface area contributed by atoms with Gasteiger partial charge in [0.1, 0.15) is 0 Å². The van der Waals surface area contributed by atoms with Crippen molar-refractivity contribution in [3.8, 4) is 0 Å². The second-order valence-corrected chi connectivity index (χ2v) is 8.96. The molecule has 0 radical (unpaired) electrons. The quantitative estimate of drug-likeness (QED) is 0.486. The number of carbonyl (C=O) groups is 2. The molecule has 176 valence electrons. The van der Waals surface area contributed by atoms with Crippen LogP contribution in [0.3, 0.4) is 0 Å². The molecule has 0 atom stereocenters. The highest BCUT2D eigenvalue weighted by Crippen LogP contribution is 2.33. The van der Waals surface area contributed by atoms with E-state index in [1.54, 1.807) is 6.07 Å². The minimum absolute atomic E-state index is 0.113. The van der Waals surface area contributed by atoms with Gasteiger partial charge in [-0.2, -0.15) is 0 Å². The van der Waals surface area contributed by atoms with Gasteiger partial charge in [-0.05, 0) is 35.7 Å². The first kappa shape index (κ1) is 23.8. The van der Waals surface area contributed by atoms with E-state index in [0.717, 1.165) is 23.2 Å². The molecule has 0 unspecified atom stereocenters. The van der Waals surface area contributed by atoms with E-state index in [1.807, 2.05) is 84.6 Å². The predicted molar refractivity (Wildman–Crippen MR) is 139 cm³/mol. The molecule has 0 aromatic heterocycles. The molecular formula is C28H30ClN3O2. The Morgan fingerprint density at radius 1 is 0.882 bits per heavy atom. The van der Waals surface area contributed by atoms with Gasteiger partial charge in [-0.1, -0.05) is 79.2 Å². The molecule has 3 aromatic carbocycles. The highest BCUT2D eigenvalue weighted by atomic mass is 35.5. The van der Waals surface area contributed by atoms with Crippen molar-refractivity contribution in [1.29, 1.82) is 0 Å². The number of hydrogen-bond acceptors (Lipinski definition) is 3. The molecule has 1 saturated heterocycles. The van der Waals surface area contributed by atoms with Crippen molar-refractivity contribution in [3.05, 3.63) is 95.0 Å². The normalized spacial score (nSPS) is 13.7. The number of anilines is 2. The minimum atomic E-state index is -0.447. The van der Waals surface area contributed by atoms with Gasteiger partial charge >= 0.3 is 0 Å². The SMILES string of the molecule is CCCC(=O)N1CCN(c2ccc(Cl)cc2NC(=O)C(c2ccccc2)c2ccccc2)CC1. The molecule has 1 fully saturated rings. The van der Waals surface area contributed by atoms with E-state index in [9.17, 15) is 9.59 Å². The maximum atomic E-state index is 13.6. The molecule has 4 rings (SSSR count). The third-order valence-corrected chi connectivity index (χ3v) is 6.42. The Kier molecular flexibility index (Phi) is 7.86. The highest BCUT2D eigenvalue weighted by Gasteiger charge is 2.26. The van der Waals surface area contributed by atoms with Gasteiger partial charge in [0.25, 0.3) is 0 Å². The Balaban J connectivity index is 1.57. The summed E-state index contributed by atoms with van der Waals surface area (Å²) in [5.41, 5.74) is 3.46. The predicted octanol–water partition coefficient (Wildman–Crippen LogP) is 5.56. The van der Waals surface area contributed by atoms with E-state index in [2.05, 4.69) is 10.2 Å². The topological polar surface area (TPSA) is 52.7 Å². The van der Waals surface area contributed by atoms with Gasteiger partial charge in [-0.3, -0.25) is 9.59 Å². The Labute approximate surface area is 206 Å². The van der Waals surface area contributed by atoms with E-state index >= 15 is 0 Å². The van der Waals surface area contributed by atoms with Gasteiger partial charge < -0.3 is 15.1 Å². The van der Waals surface area contributed by atoms with Crippen LogP contribution in [-0.4, -0.2) is 42.9 Å². The van der Waals surface area contributed by atoms with Crippen LogP contribution in [-0.2, 0) is 9.59 Å². The second kappa shape index (κ2) is 11.2. The smallest absolute Gasteiger partial charge is 0.236 e. The fourth-order valence-electron chi connectivity index (χ4n) is 4.44. The molecule has 0 spiro atoms. The number of halogens is 1. The Morgan fingerprint density at radius 3 is 2.03 bits per heavy atom. The lowest BCUT2D eigenvalue weighted by Crippen LogP contribution is -2.49. The first-order valence-electron chi connectivity index (χ1n) is 11.8. The van der Waals surface area contributed by atoms with Gasteiger partial charge in [0.15, 0.2) is 0 Å². The zero-order chi connectivity index (χ0) is 23.9. The summed E-state index contributed by atoms with van der Waals surface area (Å²) >= 11 is 6.33. The summed E-state index contributed by atoms with van der Waals surface area (Å²) in [4.78, 5) is 30.1. The van der Waals surface area contributed by atoms with Gasteiger partial charge in [-0.25, -0.2) is 0 Å². The first-order chi connectivity index (χ1) is 16.6. The summed E-state index contributed by atoms with van der Waals surface area (Å²) in [5.74, 6) is -0.351. The van der Waals surface area contributed by atoms with E-state index in [4.69, 9.17) is 11.6 Å². The average Bonchev–Trinajstić information content (AvgIpc) is 2.86. The molecule has 1 aliphatic heterocycles. The van der Waals surface area contributed by atoms with Gasteiger partial charge in [-0.15, -0.1) is 0 Å². The number of nitrogens with zero attached hydrogens (tertiary/aromatic N) is 2. The van der Waals surface area contributed by atoms with Crippen LogP contribution < -0.4 is 10.2 Å². The monoisotopic (exact) mass is 475 g/mol. The molecular weight excluding hydrogens is 446 g/mol. The van der Waals surface area contributed by atoms with E-state index in [-0.39, 0.29) is 11.8 Å². The largest absolute Gasteiger partial charge is 0.366 e. The van der Waals surface area contributed by atoms with Crippen molar-refractivity contribution >= 4 is 34.8 Å². The van der Waals surface area contributed by atoms with Crippen molar-refractivity contribution in [2.45, 2.75) is 25.7 Å². The lowest BCUT2D eigenvalue weighted by atomic mass is 9.90. The maximum Gasteiger partial charge on any atom is 0.236 e. The fraction of sp³-hybridized carbons (Fsp3) is 0.286. The fourth-order valence-corrected chi connectivity index (χ4v) is 4.62. The number of rotatable bonds is 7. The number of hydrogen-bond donors (Lipinski definition) is 1. The number of benzene rings is 3. The van der Waals surface area contributed by atoms with E-state index in [0.29, 0.717) is 43.3 Å². The number of nitrogens with one attached hydrogen (secondary N) is 1. The van der Waals surface area contributed by atoms with Crippen molar-refractivity contribution in [2.24, 2.45) is 0 Å². The standard InChI is InChI=1S/C28H30ClN3O2/c1-2-9-26(33)32-18-16-31(17-19-32)25-15-14-23(29)20-24(25)30-28(34)27(21-10-5-3-6-11-21)22-12-7-4-8-13-22/h3-8,10-15,20,27H,2,9,16-19H2,1H3,(H,30,34). The summed E-state index contributed by atoms with van der Waals surface area (Å²) in [6, 6.07) is 25.2. The molecule has 1 N–H and O–H groups in total. The van der Waals surface area contributed by atoms with Crippen LogP contribution >= 0.6 is 11.6 Å². The maximum absolute atomic E-state index is 13.6. The van der Waals surface area contributed by atoms with Crippen LogP contribution in [0.4, 0.5) is 11.4 Å². The van der Waals surface area contributed by atoms with Crippen LogP contribution in [0.15, 0.2) is 78.9 Å². The zero-order valence-corrected chi connectivity index (χ0v) is 20.2. The van der Waals surface area contributed by atoms with Crippen molar-refractivity contribution < 1.29 is 9.59 Å². The molecule has 2 amide bonds. The molecule has 34 heavy (non-hydrogen) atoms. The number of amides is 2. The third-order valence-electron chi connectivity index (χ3n) is 6.18. The third kappa shape index (κ3) is 5.60. The summed E-state index contributed by atoms with van der Waals surface area (Å²) in [5, 5.41) is 3.72. The van der Waals surface area contributed by atoms with Crippen LogP contribution in [0.25, 0.3) is 0 Å². The second-order valence-electron chi connectivity index (χ2n) is 8.52. The van der Waals surface area contributed by atoms with Gasteiger partial charge in [0, 0.05) is 37.6 Å². The molecule has 6 heteroatoms.